The molecule has 1 aromatic carbocycles. The largest absolute Gasteiger partial charge is 0.324 e. The molecule has 0 radical (unpaired) electrons. The number of thiazole rings is 1. The van der Waals surface area contributed by atoms with Crippen molar-refractivity contribution < 1.29 is 4.79 Å². The van der Waals surface area contributed by atoms with Crippen LogP contribution in [0, 0.1) is 0 Å². The van der Waals surface area contributed by atoms with Gasteiger partial charge in [-0.05, 0) is 25.1 Å². The molecule has 0 spiro atoms. The van der Waals surface area contributed by atoms with E-state index in [4.69, 9.17) is 23.2 Å². The van der Waals surface area contributed by atoms with Gasteiger partial charge in [0, 0.05) is 23.1 Å². The van der Waals surface area contributed by atoms with Crippen molar-refractivity contribution in [2.75, 3.05) is 0 Å². The first-order valence-electron chi connectivity index (χ1n) is 5.30. The van der Waals surface area contributed by atoms with E-state index in [0.717, 1.165) is 6.54 Å². The first-order chi connectivity index (χ1) is 8.61. The molecule has 0 saturated heterocycles. The summed E-state index contributed by atoms with van der Waals surface area (Å²) in [7, 11) is 0. The van der Waals surface area contributed by atoms with Crippen molar-refractivity contribution in [3.8, 4) is 0 Å². The molecule has 2 rings (SSSR count). The van der Waals surface area contributed by atoms with Crippen molar-refractivity contribution in [1.29, 1.82) is 0 Å². The second-order valence-corrected chi connectivity index (χ2v) is 5.23. The highest BCUT2D eigenvalue weighted by Gasteiger charge is 2.10. The molecule has 94 valence electrons. The van der Waals surface area contributed by atoms with Crippen LogP contribution in [-0.4, -0.2) is 10.5 Å². The van der Waals surface area contributed by atoms with E-state index >= 15 is 0 Å². The van der Waals surface area contributed by atoms with E-state index < -0.39 is 0 Å². The summed E-state index contributed by atoms with van der Waals surface area (Å²) >= 11 is 13.2. The Morgan fingerprint density at radius 1 is 1.44 bits per heavy atom. The molecule has 0 fully saturated rings. The monoisotopic (exact) mass is 300 g/mol. The number of benzene rings is 1. The van der Waals surface area contributed by atoms with E-state index in [1.54, 1.807) is 12.1 Å². The van der Waals surface area contributed by atoms with Gasteiger partial charge in [0.25, 0.3) is 5.91 Å². The van der Waals surface area contributed by atoms with Gasteiger partial charge in [0.15, 0.2) is 4.80 Å². The molecule has 0 aliphatic heterocycles. The van der Waals surface area contributed by atoms with E-state index in [0.29, 0.717) is 20.4 Å². The highest BCUT2D eigenvalue weighted by molar-refractivity contribution is 7.07. The zero-order valence-electron chi connectivity index (χ0n) is 9.56. The lowest BCUT2D eigenvalue weighted by atomic mass is 10.2. The lowest BCUT2D eigenvalue weighted by Crippen LogP contribution is -2.15. The second kappa shape index (κ2) is 5.69. The maximum atomic E-state index is 12.0. The highest BCUT2D eigenvalue weighted by atomic mass is 35.5. The third-order valence-corrected chi connectivity index (χ3v) is 3.70. The zero-order valence-corrected chi connectivity index (χ0v) is 11.9. The normalized spacial score (nSPS) is 11.8. The number of hydrogen-bond acceptors (Lipinski definition) is 2. The first kappa shape index (κ1) is 13.3. The molecule has 0 aliphatic carbocycles. The first-order valence-corrected chi connectivity index (χ1v) is 6.93. The standard InChI is InChI=1S/C12H10Cl2N2OS/c1-2-16-5-6-18-12(16)15-11(17)9-4-3-8(13)7-10(9)14/h3-7H,2H2,1H3. The van der Waals surface area contributed by atoms with Crippen molar-refractivity contribution in [3.63, 3.8) is 0 Å². The molecular formula is C12H10Cl2N2OS. The van der Waals surface area contributed by atoms with Crippen molar-refractivity contribution >= 4 is 40.4 Å². The third kappa shape index (κ3) is 2.83. The van der Waals surface area contributed by atoms with Gasteiger partial charge in [0.2, 0.25) is 0 Å². The van der Waals surface area contributed by atoms with Gasteiger partial charge in [-0.1, -0.05) is 23.2 Å². The number of rotatable bonds is 2. The smallest absolute Gasteiger partial charge is 0.281 e. The van der Waals surface area contributed by atoms with Gasteiger partial charge < -0.3 is 4.57 Å². The molecule has 18 heavy (non-hydrogen) atoms. The Morgan fingerprint density at radius 2 is 2.22 bits per heavy atom. The lowest BCUT2D eigenvalue weighted by molar-refractivity contribution is 0.0998. The molecule has 2 aromatic rings. The number of aryl methyl sites for hydroxylation is 1. The Hall–Kier alpha value is -1.10. The van der Waals surface area contributed by atoms with E-state index in [2.05, 4.69) is 4.99 Å². The van der Waals surface area contributed by atoms with Crippen molar-refractivity contribution in [2.24, 2.45) is 4.99 Å². The predicted molar refractivity (Wildman–Crippen MR) is 74.3 cm³/mol. The molecule has 1 aromatic heterocycles. The number of halogens is 2. The predicted octanol–water partition coefficient (Wildman–Crippen LogP) is 3.62. The molecule has 6 heteroatoms. The summed E-state index contributed by atoms with van der Waals surface area (Å²) in [4.78, 5) is 16.7. The molecule has 0 aliphatic rings. The minimum Gasteiger partial charge on any atom is -0.324 e. The molecule has 0 atom stereocenters. The Labute approximate surface area is 118 Å². The van der Waals surface area contributed by atoms with Crippen LogP contribution in [0.1, 0.15) is 17.3 Å². The van der Waals surface area contributed by atoms with Crippen LogP contribution in [0.25, 0.3) is 0 Å². The fourth-order valence-electron chi connectivity index (χ4n) is 1.44. The van der Waals surface area contributed by atoms with Crippen molar-refractivity contribution in [3.05, 3.63) is 50.2 Å². The maximum Gasteiger partial charge on any atom is 0.281 e. The van der Waals surface area contributed by atoms with Crippen LogP contribution in [0.3, 0.4) is 0 Å². The summed E-state index contributed by atoms with van der Waals surface area (Å²) in [5, 5.41) is 2.70. The number of aromatic nitrogens is 1. The van der Waals surface area contributed by atoms with E-state index in [1.807, 2.05) is 23.1 Å². The van der Waals surface area contributed by atoms with Crippen LogP contribution >= 0.6 is 34.5 Å². The Balaban J connectivity index is 2.41. The van der Waals surface area contributed by atoms with Crippen molar-refractivity contribution in [1.82, 2.24) is 4.57 Å². The molecule has 0 N–H and O–H groups in total. The molecule has 0 bridgehead atoms. The number of carbonyl (C=O) groups excluding carboxylic acids is 1. The maximum absolute atomic E-state index is 12.0. The van der Waals surface area contributed by atoms with E-state index in [9.17, 15) is 4.79 Å². The van der Waals surface area contributed by atoms with Crippen LogP contribution in [0.2, 0.25) is 10.0 Å². The van der Waals surface area contributed by atoms with Crippen LogP contribution in [-0.2, 0) is 6.54 Å². The molecule has 3 nitrogen and oxygen atoms in total. The number of carbonyl (C=O) groups is 1. The summed E-state index contributed by atoms with van der Waals surface area (Å²) in [6.07, 6.45) is 1.89. The van der Waals surface area contributed by atoms with Gasteiger partial charge in [-0.3, -0.25) is 4.79 Å². The van der Waals surface area contributed by atoms with Crippen LogP contribution in [0.5, 0.6) is 0 Å². The average Bonchev–Trinajstić information content (AvgIpc) is 2.76. The van der Waals surface area contributed by atoms with E-state index in [-0.39, 0.29) is 5.91 Å². The highest BCUT2D eigenvalue weighted by Crippen LogP contribution is 2.21. The topological polar surface area (TPSA) is 34.4 Å². The van der Waals surface area contributed by atoms with Gasteiger partial charge in [-0.15, -0.1) is 11.3 Å². The molecular weight excluding hydrogens is 291 g/mol. The van der Waals surface area contributed by atoms with Crippen LogP contribution in [0.15, 0.2) is 34.8 Å². The SMILES string of the molecule is CCn1ccsc1=NC(=O)c1ccc(Cl)cc1Cl. The summed E-state index contributed by atoms with van der Waals surface area (Å²) in [6, 6.07) is 4.74. The van der Waals surface area contributed by atoms with Gasteiger partial charge in [0.05, 0.1) is 10.6 Å². The quantitative estimate of drug-likeness (QED) is 0.834. The summed E-state index contributed by atoms with van der Waals surface area (Å²) < 4.78 is 1.90. The van der Waals surface area contributed by atoms with Gasteiger partial charge >= 0.3 is 0 Å². The Bertz CT molecular complexity index is 646. The van der Waals surface area contributed by atoms with Crippen LogP contribution < -0.4 is 4.80 Å². The van der Waals surface area contributed by atoms with E-state index in [1.165, 1.54) is 17.4 Å². The molecule has 1 heterocycles. The minimum atomic E-state index is -0.360. The third-order valence-electron chi connectivity index (χ3n) is 2.36. The Kier molecular flexibility index (Phi) is 4.22. The molecule has 1 amide bonds. The molecule has 0 unspecified atom stereocenters. The Morgan fingerprint density at radius 3 is 2.89 bits per heavy atom. The number of nitrogens with zero attached hydrogens (tertiary/aromatic N) is 2. The van der Waals surface area contributed by atoms with Gasteiger partial charge in [0.1, 0.15) is 0 Å². The summed E-state index contributed by atoms with van der Waals surface area (Å²) in [5.41, 5.74) is 0.358. The number of hydrogen-bond donors (Lipinski definition) is 0. The molecule has 0 saturated carbocycles. The summed E-state index contributed by atoms with van der Waals surface area (Å²) in [5.74, 6) is -0.360. The lowest BCUT2D eigenvalue weighted by Gasteiger charge is -2.00. The van der Waals surface area contributed by atoms with Crippen molar-refractivity contribution in [2.45, 2.75) is 13.5 Å². The fraction of sp³-hybridized carbons (Fsp3) is 0.167. The average molecular weight is 301 g/mol. The summed E-state index contributed by atoms with van der Waals surface area (Å²) in [6.45, 7) is 2.76. The zero-order chi connectivity index (χ0) is 13.1. The second-order valence-electron chi connectivity index (χ2n) is 3.51. The number of amides is 1. The minimum absolute atomic E-state index is 0.316. The van der Waals surface area contributed by atoms with Crippen LogP contribution in [0.4, 0.5) is 0 Å². The van der Waals surface area contributed by atoms with Gasteiger partial charge in [-0.25, -0.2) is 0 Å². The van der Waals surface area contributed by atoms with Gasteiger partial charge in [-0.2, -0.15) is 4.99 Å². The fourth-order valence-corrected chi connectivity index (χ4v) is 2.72.